The first-order valence-electron chi connectivity index (χ1n) is 6.30. The zero-order chi connectivity index (χ0) is 14.1. The number of carboxylic acid groups (broad SMARTS) is 1. The van der Waals surface area contributed by atoms with E-state index in [-0.39, 0.29) is 5.91 Å². The Labute approximate surface area is 113 Å². The molecule has 0 radical (unpaired) electrons. The number of nitrogens with one attached hydrogen (secondary N) is 1. The first kappa shape index (κ1) is 15.0. The third kappa shape index (κ3) is 5.86. The van der Waals surface area contributed by atoms with Crippen molar-refractivity contribution >= 4 is 11.9 Å². The molecule has 0 saturated carbocycles. The molecule has 102 valence electrons. The number of aliphatic carboxylic acids is 1. The van der Waals surface area contributed by atoms with E-state index in [0.29, 0.717) is 25.7 Å². The van der Waals surface area contributed by atoms with E-state index in [0.717, 1.165) is 5.56 Å². The second-order valence-corrected chi connectivity index (χ2v) is 4.31. The van der Waals surface area contributed by atoms with Crippen molar-refractivity contribution in [2.75, 3.05) is 0 Å². The van der Waals surface area contributed by atoms with Crippen LogP contribution in [0.4, 0.5) is 0 Å². The zero-order valence-electron chi connectivity index (χ0n) is 10.8. The number of rotatable bonds is 8. The summed E-state index contributed by atoms with van der Waals surface area (Å²) < 4.78 is 0. The molecule has 0 spiro atoms. The molecule has 1 amide bonds. The van der Waals surface area contributed by atoms with Gasteiger partial charge in [-0.05, 0) is 24.8 Å². The summed E-state index contributed by atoms with van der Waals surface area (Å²) in [5, 5.41) is 11.5. The van der Waals surface area contributed by atoms with Gasteiger partial charge >= 0.3 is 5.97 Å². The lowest BCUT2D eigenvalue weighted by Gasteiger charge is -2.13. The summed E-state index contributed by atoms with van der Waals surface area (Å²) in [6.07, 6.45) is 3.49. The molecule has 0 aliphatic heterocycles. The Kier molecular flexibility index (Phi) is 6.36. The van der Waals surface area contributed by atoms with Crippen LogP contribution in [0.25, 0.3) is 0 Å². The van der Waals surface area contributed by atoms with Gasteiger partial charge in [-0.3, -0.25) is 4.79 Å². The zero-order valence-corrected chi connectivity index (χ0v) is 10.8. The van der Waals surface area contributed by atoms with E-state index in [1.807, 2.05) is 30.3 Å². The SMILES string of the molecule is C=CCC[C@@H](NC(=O)CCc1ccccc1)C(=O)O. The largest absolute Gasteiger partial charge is 0.480 e. The van der Waals surface area contributed by atoms with Gasteiger partial charge in [0.15, 0.2) is 0 Å². The summed E-state index contributed by atoms with van der Waals surface area (Å²) in [7, 11) is 0. The van der Waals surface area contributed by atoms with Crippen molar-refractivity contribution in [3.63, 3.8) is 0 Å². The minimum absolute atomic E-state index is 0.236. The second kappa shape index (κ2) is 8.08. The monoisotopic (exact) mass is 261 g/mol. The molecule has 1 rings (SSSR count). The van der Waals surface area contributed by atoms with Crippen molar-refractivity contribution in [1.29, 1.82) is 0 Å². The Morgan fingerprint density at radius 2 is 2.00 bits per heavy atom. The summed E-state index contributed by atoms with van der Waals surface area (Å²) in [6.45, 7) is 3.54. The number of carbonyl (C=O) groups excluding carboxylic acids is 1. The Hall–Kier alpha value is -2.10. The molecule has 0 bridgehead atoms. The van der Waals surface area contributed by atoms with Crippen molar-refractivity contribution in [2.24, 2.45) is 0 Å². The van der Waals surface area contributed by atoms with Crippen LogP contribution in [-0.2, 0) is 16.0 Å². The standard InChI is InChI=1S/C15H19NO3/c1-2-3-9-13(15(18)19)16-14(17)11-10-12-7-5-4-6-8-12/h2,4-8,13H,1,3,9-11H2,(H,16,17)(H,18,19)/t13-/m1/s1. The maximum absolute atomic E-state index is 11.7. The van der Waals surface area contributed by atoms with Crippen LogP contribution in [0.1, 0.15) is 24.8 Å². The first-order valence-corrected chi connectivity index (χ1v) is 6.30. The van der Waals surface area contributed by atoms with E-state index in [9.17, 15) is 9.59 Å². The van der Waals surface area contributed by atoms with Gasteiger partial charge in [-0.15, -0.1) is 6.58 Å². The Morgan fingerprint density at radius 1 is 1.32 bits per heavy atom. The minimum atomic E-state index is -1.00. The highest BCUT2D eigenvalue weighted by atomic mass is 16.4. The normalized spacial score (nSPS) is 11.6. The van der Waals surface area contributed by atoms with Crippen molar-refractivity contribution in [1.82, 2.24) is 5.32 Å². The van der Waals surface area contributed by atoms with E-state index < -0.39 is 12.0 Å². The Bertz CT molecular complexity index is 428. The number of allylic oxidation sites excluding steroid dienone is 1. The molecular weight excluding hydrogens is 242 g/mol. The van der Waals surface area contributed by atoms with Gasteiger partial charge < -0.3 is 10.4 Å². The fourth-order valence-corrected chi connectivity index (χ4v) is 1.71. The molecule has 19 heavy (non-hydrogen) atoms. The van der Waals surface area contributed by atoms with Gasteiger partial charge in [0, 0.05) is 6.42 Å². The Morgan fingerprint density at radius 3 is 2.58 bits per heavy atom. The number of hydrogen-bond acceptors (Lipinski definition) is 2. The molecule has 1 aromatic carbocycles. The average Bonchev–Trinajstić information content (AvgIpc) is 2.42. The molecule has 4 nitrogen and oxygen atoms in total. The molecule has 0 unspecified atom stereocenters. The van der Waals surface area contributed by atoms with Crippen LogP contribution in [0.2, 0.25) is 0 Å². The molecule has 1 aromatic rings. The smallest absolute Gasteiger partial charge is 0.326 e. The van der Waals surface area contributed by atoms with E-state index in [1.165, 1.54) is 0 Å². The van der Waals surface area contributed by atoms with Gasteiger partial charge in [-0.25, -0.2) is 4.79 Å². The van der Waals surface area contributed by atoms with Gasteiger partial charge in [0.2, 0.25) is 5.91 Å². The summed E-state index contributed by atoms with van der Waals surface area (Å²) >= 11 is 0. The van der Waals surface area contributed by atoms with Gasteiger partial charge in [-0.2, -0.15) is 0 Å². The number of amides is 1. The topological polar surface area (TPSA) is 66.4 Å². The number of benzene rings is 1. The molecule has 0 heterocycles. The van der Waals surface area contributed by atoms with E-state index in [4.69, 9.17) is 5.11 Å². The number of carboxylic acids is 1. The van der Waals surface area contributed by atoms with Crippen molar-refractivity contribution in [2.45, 2.75) is 31.7 Å². The molecule has 0 fully saturated rings. The average molecular weight is 261 g/mol. The van der Waals surface area contributed by atoms with Crippen molar-refractivity contribution in [3.8, 4) is 0 Å². The predicted molar refractivity (Wildman–Crippen MR) is 73.8 cm³/mol. The lowest BCUT2D eigenvalue weighted by molar-refractivity contribution is -0.142. The highest BCUT2D eigenvalue weighted by molar-refractivity contribution is 5.83. The number of hydrogen-bond donors (Lipinski definition) is 2. The maximum Gasteiger partial charge on any atom is 0.326 e. The fraction of sp³-hybridized carbons (Fsp3) is 0.333. The second-order valence-electron chi connectivity index (χ2n) is 4.31. The fourth-order valence-electron chi connectivity index (χ4n) is 1.71. The highest BCUT2D eigenvalue weighted by Gasteiger charge is 2.18. The van der Waals surface area contributed by atoms with Gasteiger partial charge in [-0.1, -0.05) is 36.4 Å². The molecule has 0 saturated heterocycles. The molecule has 0 aliphatic carbocycles. The highest BCUT2D eigenvalue weighted by Crippen LogP contribution is 2.04. The third-order valence-corrected chi connectivity index (χ3v) is 2.78. The van der Waals surface area contributed by atoms with Crippen LogP contribution in [0, 0.1) is 0 Å². The van der Waals surface area contributed by atoms with Crippen LogP contribution >= 0.6 is 0 Å². The van der Waals surface area contributed by atoms with Crippen molar-refractivity contribution in [3.05, 3.63) is 48.6 Å². The molecule has 0 aliphatic rings. The Balaban J connectivity index is 2.40. The summed E-state index contributed by atoms with van der Waals surface area (Å²) in [6, 6.07) is 8.80. The lowest BCUT2D eigenvalue weighted by Crippen LogP contribution is -2.40. The molecule has 4 heteroatoms. The van der Waals surface area contributed by atoms with E-state index in [2.05, 4.69) is 11.9 Å². The third-order valence-electron chi connectivity index (χ3n) is 2.78. The molecular formula is C15H19NO3. The van der Waals surface area contributed by atoms with Crippen LogP contribution in [0.15, 0.2) is 43.0 Å². The predicted octanol–water partition coefficient (Wildman–Crippen LogP) is 2.15. The van der Waals surface area contributed by atoms with Crippen LogP contribution in [0.5, 0.6) is 0 Å². The number of aryl methyl sites for hydroxylation is 1. The lowest BCUT2D eigenvalue weighted by atomic mass is 10.1. The van der Waals surface area contributed by atoms with E-state index >= 15 is 0 Å². The quantitative estimate of drug-likeness (QED) is 0.705. The summed E-state index contributed by atoms with van der Waals surface area (Å²) in [4.78, 5) is 22.7. The number of carbonyl (C=O) groups is 2. The molecule has 0 aromatic heterocycles. The van der Waals surface area contributed by atoms with Gasteiger partial charge in [0.25, 0.3) is 0 Å². The van der Waals surface area contributed by atoms with Crippen LogP contribution < -0.4 is 5.32 Å². The minimum Gasteiger partial charge on any atom is -0.480 e. The first-order chi connectivity index (χ1) is 9.13. The summed E-state index contributed by atoms with van der Waals surface area (Å²) in [5.41, 5.74) is 1.07. The van der Waals surface area contributed by atoms with Crippen LogP contribution in [0.3, 0.4) is 0 Å². The van der Waals surface area contributed by atoms with Crippen molar-refractivity contribution < 1.29 is 14.7 Å². The van der Waals surface area contributed by atoms with E-state index in [1.54, 1.807) is 6.08 Å². The van der Waals surface area contributed by atoms with Gasteiger partial charge in [0.1, 0.15) is 6.04 Å². The molecule has 1 atom stereocenters. The summed E-state index contributed by atoms with van der Waals surface area (Å²) in [5.74, 6) is -1.24. The molecule has 2 N–H and O–H groups in total. The van der Waals surface area contributed by atoms with Gasteiger partial charge in [0.05, 0.1) is 0 Å². The van der Waals surface area contributed by atoms with Crippen LogP contribution in [-0.4, -0.2) is 23.0 Å². The maximum atomic E-state index is 11.7.